The molecule has 0 unspecified atom stereocenters. The van der Waals surface area contributed by atoms with E-state index < -0.39 is 0 Å². The number of hydrogen-bond donors (Lipinski definition) is 1. The molecule has 0 aliphatic carbocycles. The van der Waals surface area contributed by atoms with E-state index in [4.69, 9.17) is 0 Å². The number of para-hydroxylation sites is 1. The molecule has 1 heterocycles. The highest BCUT2D eigenvalue weighted by Gasteiger charge is 2.04. The van der Waals surface area contributed by atoms with Gasteiger partial charge in [-0.3, -0.25) is 0 Å². The molecule has 2 nitrogen and oxygen atoms in total. The first-order chi connectivity index (χ1) is 9.84. The number of anilines is 1. The highest BCUT2D eigenvalue weighted by molar-refractivity contribution is 5.80. The Morgan fingerprint density at radius 1 is 0.950 bits per heavy atom. The van der Waals surface area contributed by atoms with Crippen LogP contribution in [0, 0.1) is 5.82 Å². The van der Waals surface area contributed by atoms with E-state index in [2.05, 4.69) is 22.0 Å². The van der Waals surface area contributed by atoms with Crippen molar-refractivity contribution in [2.45, 2.75) is 13.0 Å². The molecule has 0 spiro atoms. The molecule has 0 bridgehead atoms. The summed E-state index contributed by atoms with van der Waals surface area (Å²) in [7, 11) is 0. The van der Waals surface area contributed by atoms with Crippen LogP contribution in [0.5, 0.6) is 0 Å². The summed E-state index contributed by atoms with van der Waals surface area (Å²) < 4.78 is 15.7. The highest BCUT2D eigenvalue weighted by atomic mass is 19.1. The fourth-order valence-corrected chi connectivity index (χ4v) is 2.42. The van der Waals surface area contributed by atoms with Gasteiger partial charge >= 0.3 is 0 Å². The highest BCUT2D eigenvalue weighted by Crippen LogP contribution is 2.19. The lowest BCUT2D eigenvalue weighted by Crippen LogP contribution is -2.05. The Morgan fingerprint density at radius 2 is 1.80 bits per heavy atom. The van der Waals surface area contributed by atoms with Crippen molar-refractivity contribution < 1.29 is 4.39 Å². The average Bonchev–Trinajstić information content (AvgIpc) is 2.90. The third-order valence-corrected chi connectivity index (χ3v) is 3.44. The topological polar surface area (TPSA) is 17.0 Å². The third kappa shape index (κ3) is 2.67. The summed E-state index contributed by atoms with van der Waals surface area (Å²) in [5, 5.41) is 4.08. The molecule has 0 fully saturated rings. The normalized spacial score (nSPS) is 10.8. The molecule has 0 atom stereocenters. The second kappa shape index (κ2) is 5.78. The molecular formula is C17H17FN2. The van der Waals surface area contributed by atoms with Crippen LogP contribution >= 0.6 is 0 Å². The van der Waals surface area contributed by atoms with Gasteiger partial charge in [-0.2, -0.15) is 0 Å². The van der Waals surface area contributed by atoms with E-state index in [1.54, 1.807) is 6.07 Å². The Morgan fingerprint density at radius 3 is 2.65 bits per heavy atom. The molecule has 0 saturated heterocycles. The van der Waals surface area contributed by atoms with E-state index in [0.717, 1.165) is 30.7 Å². The Labute approximate surface area is 117 Å². The third-order valence-electron chi connectivity index (χ3n) is 3.44. The van der Waals surface area contributed by atoms with Crippen LogP contribution in [0.2, 0.25) is 0 Å². The van der Waals surface area contributed by atoms with Gasteiger partial charge in [-0.1, -0.05) is 24.3 Å². The van der Waals surface area contributed by atoms with Crippen molar-refractivity contribution in [3.8, 4) is 0 Å². The molecule has 0 amide bonds. The maximum atomic E-state index is 13.6. The monoisotopic (exact) mass is 268 g/mol. The molecule has 0 saturated carbocycles. The Bertz CT molecular complexity index is 689. The molecule has 3 heteroatoms. The smallest absolute Gasteiger partial charge is 0.132 e. The van der Waals surface area contributed by atoms with Crippen molar-refractivity contribution in [2.24, 2.45) is 0 Å². The van der Waals surface area contributed by atoms with Gasteiger partial charge in [0.15, 0.2) is 0 Å². The molecule has 3 rings (SSSR count). The number of fused-ring (bicyclic) bond motifs is 1. The van der Waals surface area contributed by atoms with Crippen molar-refractivity contribution in [1.29, 1.82) is 0 Å². The zero-order valence-corrected chi connectivity index (χ0v) is 11.2. The predicted octanol–water partition coefficient (Wildman–Crippen LogP) is 4.28. The molecule has 1 N–H and O–H groups in total. The van der Waals surface area contributed by atoms with E-state index in [1.807, 2.05) is 36.5 Å². The lowest BCUT2D eigenvalue weighted by molar-refractivity contribution is 0.639. The molecule has 3 aromatic rings. The van der Waals surface area contributed by atoms with Crippen molar-refractivity contribution in [3.63, 3.8) is 0 Å². The SMILES string of the molecule is Fc1cccc2c1ccn2CCCNc1ccccc1. The number of benzene rings is 2. The van der Waals surface area contributed by atoms with Crippen molar-refractivity contribution in [3.05, 3.63) is 66.6 Å². The lowest BCUT2D eigenvalue weighted by atomic mass is 10.2. The van der Waals surface area contributed by atoms with Crippen LogP contribution in [0.4, 0.5) is 10.1 Å². The Balaban J connectivity index is 1.59. The van der Waals surface area contributed by atoms with Gasteiger partial charge in [0.05, 0.1) is 5.52 Å². The van der Waals surface area contributed by atoms with E-state index in [-0.39, 0.29) is 5.82 Å². The number of aromatic nitrogens is 1. The summed E-state index contributed by atoms with van der Waals surface area (Å²) in [6.45, 7) is 1.78. The molecular weight excluding hydrogens is 251 g/mol. The van der Waals surface area contributed by atoms with Crippen LogP contribution in [-0.2, 0) is 6.54 Å². The summed E-state index contributed by atoms with van der Waals surface area (Å²) in [5.41, 5.74) is 2.10. The minimum Gasteiger partial charge on any atom is -0.385 e. The lowest BCUT2D eigenvalue weighted by Gasteiger charge is -2.08. The Kier molecular flexibility index (Phi) is 3.68. The number of nitrogens with zero attached hydrogens (tertiary/aromatic N) is 1. The van der Waals surface area contributed by atoms with Gasteiger partial charge in [-0.25, -0.2) is 4.39 Å². The van der Waals surface area contributed by atoms with Crippen LogP contribution < -0.4 is 5.32 Å². The molecule has 0 aliphatic heterocycles. The van der Waals surface area contributed by atoms with Crippen LogP contribution in [0.3, 0.4) is 0 Å². The summed E-state index contributed by atoms with van der Waals surface area (Å²) in [6.07, 6.45) is 2.95. The number of hydrogen-bond acceptors (Lipinski definition) is 1. The first kappa shape index (κ1) is 12.7. The maximum absolute atomic E-state index is 13.6. The minimum absolute atomic E-state index is 0.149. The first-order valence-electron chi connectivity index (χ1n) is 6.87. The summed E-state index contributed by atoms with van der Waals surface area (Å²) in [6, 6.07) is 17.2. The maximum Gasteiger partial charge on any atom is 0.132 e. The van der Waals surface area contributed by atoms with Crippen molar-refractivity contribution >= 4 is 16.6 Å². The van der Waals surface area contributed by atoms with Crippen LogP contribution in [0.25, 0.3) is 10.9 Å². The second-order valence-corrected chi connectivity index (χ2v) is 4.83. The molecule has 102 valence electrons. The number of halogens is 1. The molecule has 0 radical (unpaired) electrons. The van der Waals surface area contributed by atoms with E-state index >= 15 is 0 Å². The fraction of sp³-hybridized carbons (Fsp3) is 0.176. The molecule has 1 aromatic heterocycles. The Hall–Kier alpha value is -2.29. The first-order valence-corrected chi connectivity index (χ1v) is 6.87. The van der Waals surface area contributed by atoms with Gasteiger partial charge in [0.25, 0.3) is 0 Å². The van der Waals surface area contributed by atoms with Crippen LogP contribution in [0.15, 0.2) is 60.8 Å². The quantitative estimate of drug-likeness (QED) is 0.683. The van der Waals surface area contributed by atoms with E-state index in [0.29, 0.717) is 5.39 Å². The van der Waals surface area contributed by atoms with Crippen LogP contribution in [0.1, 0.15) is 6.42 Å². The number of aryl methyl sites for hydroxylation is 1. The molecule has 0 aliphatic rings. The predicted molar refractivity (Wildman–Crippen MR) is 81.4 cm³/mol. The van der Waals surface area contributed by atoms with Crippen LogP contribution in [-0.4, -0.2) is 11.1 Å². The van der Waals surface area contributed by atoms with Gasteiger partial charge in [0, 0.05) is 30.4 Å². The van der Waals surface area contributed by atoms with Crippen molar-refractivity contribution in [2.75, 3.05) is 11.9 Å². The zero-order chi connectivity index (χ0) is 13.8. The van der Waals surface area contributed by atoms with Gasteiger partial charge in [0.2, 0.25) is 0 Å². The van der Waals surface area contributed by atoms with Crippen molar-refractivity contribution in [1.82, 2.24) is 4.57 Å². The van der Waals surface area contributed by atoms with Gasteiger partial charge in [-0.15, -0.1) is 0 Å². The molecule has 20 heavy (non-hydrogen) atoms. The summed E-state index contributed by atoms with van der Waals surface area (Å²) >= 11 is 0. The van der Waals surface area contributed by atoms with Gasteiger partial charge < -0.3 is 9.88 Å². The summed E-state index contributed by atoms with van der Waals surface area (Å²) in [4.78, 5) is 0. The summed E-state index contributed by atoms with van der Waals surface area (Å²) in [5.74, 6) is -0.149. The fourth-order valence-electron chi connectivity index (χ4n) is 2.42. The number of rotatable bonds is 5. The van der Waals surface area contributed by atoms with Gasteiger partial charge in [0.1, 0.15) is 5.82 Å². The average molecular weight is 268 g/mol. The van der Waals surface area contributed by atoms with E-state index in [1.165, 1.54) is 6.07 Å². The van der Waals surface area contributed by atoms with Gasteiger partial charge in [-0.05, 0) is 36.8 Å². The number of nitrogens with one attached hydrogen (secondary N) is 1. The largest absolute Gasteiger partial charge is 0.385 e. The van der Waals surface area contributed by atoms with E-state index in [9.17, 15) is 4.39 Å². The minimum atomic E-state index is -0.149. The standard InChI is InChI=1S/C17H17FN2/c18-16-8-4-9-17-15(16)10-13-20(17)12-5-11-19-14-6-2-1-3-7-14/h1-4,6-10,13,19H,5,11-12H2. The second-order valence-electron chi connectivity index (χ2n) is 4.83. The zero-order valence-electron chi connectivity index (χ0n) is 11.2. The molecule has 2 aromatic carbocycles.